The Balaban J connectivity index is 1.58. The minimum Gasteiger partial charge on any atom is -0.497 e. The molecule has 0 atom stereocenters. The van der Waals surface area contributed by atoms with E-state index in [9.17, 15) is 9.59 Å². The molecular formula is C23H22N4O3S3. The van der Waals surface area contributed by atoms with Crippen molar-refractivity contribution in [1.82, 2.24) is 14.5 Å². The first-order chi connectivity index (χ1) is 16.1. The number of ether oxygens (including phenoxy) is 1. The fraction of sp³-hybridized carbons (Fsp3) is 0.304. The number of amides is 1. The van der Waals surface area contributed by atoms with Crippen LogP contribution in [0.25, 0.3) is 15.9 Å². The molecule has 1 aliphatic carbocycles. The number of benzene rings is 1. The molecule has 1 N–H and O–H groups in total. The first kappa shape index (κ1) is 22.1. The maximum atomic E-state index is 13.9. The second-order valence-electron chi connectivity index (χ2n) is 7.66. The van der Waals surface area contributed by atoms with Crippen LogP contribution in [0, 0.1) is 0 Å². The standard InChI is InChI=1S/C23H22N4O3S3/c1-30-15-7-5-6-14(12-15)27-21(29)19-16-8-3-2-4-9-17(16)33-20(19)26-23(27)32-13-18(28)25-22-24-10-11-31-22/h5-7,10-12H,2-4,8-9,13H2,1H3,(H,24,25,28). The van der Waals surface area contributed by atoms with Crippen molar-refractivity contribution >= 4 is 55.7 Å². The van der Waals surface area contributed by atoms with Crippen LogP contribution in [-0.4, -0.2) is 33.3 Å². The lowest BCUT2D eigenvalue weighted by molar-refractivity contribution is -0.113. The van der Waals surface area contributed by atoms with Gasteiger partial charge in [0.15, 0.2) is 10.3 Å². The van der Waals surface area contributed by atoms with Crippen molar-refractivity contribution in [2.24, 2.45) is 0 Å². The Kier molecular flexibility index (Phi) is 6.48. The van der Waals surface area contributed by atoms with Crippen LogP contribution >= 0.6 is 34.4 Å². The predicted molar refractivity (Wildman–Crippen MR) is 134 cm³/mol. The van der Waals surface area contributed by atoms with Gasteiger partial charge in [-0.2, -0.15) is 0 Å². The van der Waals surface area contributed by atoms with E-state index in [1.54, 1.807) is 34.6 Å². The summed E-state index contributed by atoms with van der Waals surface area (Å²) >= 11 is 4.23. The highest BCUT2D eigenvalue weighted by atomic mass is 32.2. The minimum atomic E-state index is -0.191. The van der Waals surface area contributed by atoms with Crippen molar-refractivity contribution in [3.63, 3.8) is 0 Å². The molecule has 10 heteroatoms. The van der Waals surface area contributed by atoms with E-state index in [0.717, 1.165) is 41.5 Å². The second kappa shape index (κ2) is 9.66. The molecule has 0 saturated carbocycles. The molecule has 1 aromatic carbocycles. The summed E-state index contributed by atoms with van der Waals surface area (Å²) in [5.74, 6) is 0.580. The second-order valence-corrected chi connectivity index (χ2v) is 10.6. The van der Waals surface area contributed by atoms with Crippen molar-refractivity contribution in [2.45, 2.75) is 37.3 Å². The first-order valence-electron chi connectivity index (χ1n) is 10.7. The number of anilines is 1. The molecule has 33 heavy (non-hydrogen) atoms. The summed E-state index contributed by atoms with van der Waals surface area (Å²) in [7, 11) is 1.60. The smallest absolute Gasteiger partial charge is 0.267 e. The summed E-state index contributed by atoms with van der Waals surface area (Å²) in [5.41, 5.74) is 1.74. The Morgan fingerprint density at radius 3 is 2.97 bits per heavy atom. The lowest BCUT2D eigenvalue weighted by Gasteiger charge is -2.13. The van der Waals surface area contributed by atoms with Gasteiger partial charge in [-0.3, -0.25) is 14.2 Å². The Morgan fingerprint density at radius 2 is 2.15 bits per heavy atom. The van der Waals surface area contributed by atoms with E-state index < -0.39 is 0 Å². The van der Waals surface area contributed by atoms with E-state index in [1.165, 1.54) is 34.4 Å². The third kappa shape index (κ3) is 4.55. The van der Waals surface area contributed by atoms with E-state index in [-0.39, 0.29) is 17.2 Å². The van der Waals surface area contributed by atoms with E-state index >= 15 is 0 Å². The average molecular weight is 499 g/mol. The highest BCUT2D eigenvalue weighted by Crippen LogP contribution is 2.35. The summed E-state index contributed by atoms with van der Waals surface area (Å²) in [6.45, 7) is 0. The number of nitrogens with zero attached hydrogens (tertiary/aromatic N) is 3. The van der Waals surface area contributed by atoms with Crippen molar-refractivity contribution in [2.75, 3.05) is 18.2 Å². The van der Waals surface area contributed by atoms with Gasteiger partial charge in [0.2, 0.25) is 5.91 Å². The molecule has 3 aromatic heterocycles. The molecule has 1 aliphatic rings. The highest BCUT2D eigenvalue weighted by Gasteiger charge is 2.23. The lowest BCUT2D eigenvalue weighted by atomic mass is 10.1. The number of aromatic nitrogens is 3. The molecule has 0 bridgehead atoms. The predicted octanol–water partition coefficient (Wildman–Crippen LogP) is 4.91. The zero-order valence-corrected chi connectivity index (χ0v) is 20.4. The van der Waals surface area contributed by atoms with Crippen molar-refractivity contribution in [3.05, 3.63) is 56.6 Å². The lowest BCUT2D eigenvalue weighted by Crippen LogP contribution is -2.23. The Labute approximate surface area is 202 Å². The van der Waals surface area contributed by atoms with Gasteiger partial charge in [-0.05, 0) is 43.4 Å². The minimum absolute atomic E-state index is 0.0875. The number of hydrogen-bond acceptors (Lipinski definition) is 8. The SMILES string of the molecule is COc1cccc(-n2c(SCC(=O)Nc3nccs3)nc3sc4c(c3c2=O)CCCCC4)c1. The Bertz CT molecular complexity index is 1360. The quantitative estimate of drug-likeness (QED) is 0.231. The van der Waals surface area contributed by atoms with Crippen LogP contribution in [0.3, 0.4) is 0 Å². The molecule has 0 unspecified atom stereocenters. The summed E-state index contributed by atoms with van der Waals surface area (Å²) in [6.07, 6.45) is 6.96. The number of rotatable bonds is 6. The fourth-order valence-corrected chi connectivity index (χ4v) is 6.67. The van der Waals surface area contributed by atoms with Gasteiger partial charge in [-0.15, -0.1) is 22.7 Å². The van der Waals surface area contributed by atoms with E-state index in [1.807, 2.05) is 24.3 Å². The molecule has 0 spiro atoms. The van der Waals surface area contributed by atoms with Crippen LogP contribution < -0.4 is 15.6 Å². The Morgan fingerprint density at radius 1 is 1.27 bits per heavy atom. The van der Waals surface area contributed by atoms with Crippen LogP contribution in [0.15, 0.2) is 45.8 Å². The summed E-state index contributed by atoms with van der Waals surface area (Å²) in [6, 6.07) is 7.37. The number of thiazole rings is 1. The zero-order chi connectivity index (χ0) is 22.8. The van der Waals surface area contributed by atoms with Gasteiger partial charge in [0, 0.05) is 22.5 Å². The molecule has 4 aromatic rings. The Hall–Kier alpha value is -2.69. The van der Waals surface area contributed by atoms with Gasteiger partial charge in [0.05, 0.1) is 23.9 Å². The number of carbonyl (C=O) groups is 1. The number of fused-ring (bicyclic) bond motifs is 3. The van der Waals surface area contributed by atoms with Crippen molar-refractivity contribution in [1.29, 1.82) is 0 Å². The van der Waals surface area contributed by atoms with Gasteiger partial charge in [-0.25, -0.2) is 9.97 Å². The number of nitrogens with one attached hydrogen (secondary N) is 1. The largest absolute Gasteiger partial charge is 0.497 e. The van der Waals surface area contributed by atoms with Crippen molar-refractivity contribution < 1.29 is 9.53 Å². The summed E-state index contributed by atoms with van der Waals surface area (Å²) in [4.78, 5) is 37.3. The van der Waals surface area contributed by atoms with Gasteiger partial charge in [-0.1, -0.05) is 24.2 Å². The number of methoxy groups -OCH3 is 1. The fourth-order valence-electron chi connectivity index (χ4n) is 4.01. The number of carbonyl (C=O) groups excluding carboxylic acids is 1. The summed E-state index contributed by atoms with van der Waals surface area (Å²) in [5, 5.41) is 6.35. The maximum Gasteiger partial charge on any atom is 0.267 e. The number of hydrogen-bond donors (Lipinski definition) is 1. The van der Waals surface area contributed by atoms with Crippen molar-refractivity contribution in [3.8, 4) is 11.4 Å². The third-order valence-corrected chi connectivity index (χ3v) is 8.34. The topological polar surface area (TPSA) is 86.1 Å². The number of aryl methyl sites for hydroxylation is 2. The van der Waals surface area contributed by atoms with E-state index in [2.05, 4.69) is 10.3 Å². The van der Waals surface area contributed by atoms with E-state index in [0.29, 0.717) is 21.7 Å². The highest BCUT2D eigenvalue weighted by molar-refractivity contribution is 7.99. The molecule has 7 nitrogen and oxygen atoms in total. The molecule has 1 amide bonds. The molecule has 170 valence electrons. The monoisotopic (exact) mass is 498 g/mol. The normalized spacial score (nSPS) is 13.5. The molecule has 0 fully saturated rings. The van der Waals surface area contributed by atoms with Crippen LogP contribution in [-0.2, 0) is 17.6 Å². The molecular weight excluding hydrogens is 476 g/mol. The average Bonchev–Trinajstić information content (AvgIpc) is 3.39. The zero-order valence-electron chi connectivity index (χ0n) is 18.0. The number of thioether (sulfide) groups is 1. The van der Waals surface area contributed by atoms with Gasteiger partial charge >= 0.3 is 0 Å². The van der Waals surface area contributed by atoms with Gasteiger partial charge < -0.3 is 10.1 Å². The molecule has 0 radical (unpaired) electrons. The van der Waals surface area contributed by atoms with Crippen LogP contribution in [0.1, 0.15) is 29.7 Å². The molecule has 5 rings (SSSR count). The van der Waals surface area contributed by atoms with E-state index in [4.69, 9.17) is 9.72 Å². The number of thiophene rings is 1. The van der Waals surface area contributed by atoms with Gasteiger partial charge in [0.1, 0.15) is 10.6 Å². The maximum absolute atomic E-state index is 13.9. The first-order valence-corrected chi connectivity index (χ1v) is 13.4. The molecule has 0 aliphatic heterocycles. The van der Waals surface area contributed by atoms with Crippen LogP contribution in [0.5, 0.6) is 5.75 Å². The third-order valence-electron chi connectivity index (χ3n) is 5.53. The molecule has 3 heterocycles. The summed E-state index contributed by atoms with van der Waals surface area (Å²) < 4.78 is 7.00. The van der Waals surface area contributed by atoms with Gasteiger partial charge in [0.25, 0.3) is 5.56 Å². The van der Waals surface area contributed by atoms with Crippen LogP contribution in [0.2, 0.25) is 0 Å². The molecule has 0 saturated heterocycles. The van der Waals surface area contributed by atoms with Crippen LogP contribution in [0.4, 0.5) is 5.13 Å².